The SMILES string of the molecule is COC(=O)C(=O)N(C)c1c(C)cc(C)cc1OC. The lowest BCUT2D eigenvalue weighted by Gasteiger charge is -2.21. The number of likely N-dealkylation sites (N-methyl/N-ethyl adjacent to an activating group) is 1. The summed E-state index contributed by atoms with van der Waals surface area (Å²) in [6.07, 6.45) is 0. The summed E-state index contributed by atoms with van der Waals surface area (Å²) in [5, 5.41) is 0. The quantitative estimate of drug-likeness (QED) is 0.589. The zero-order chi connectivity index (χ0) is 13.9. The van der Waals surface area contributed by atoms with E-state index in [0.29, 0.717) is 11.4 Å². The van der Waals surface area contributed by atoms with Gasteiger partial charge in [-0.1, -0.05) is 6.07 Å². The van der Waals surface area contributed by atoms with Crippen LogP contribution >= 0.6 is 0 Å². The van der Waals surface area contributed by atoms with Gasteiger partial charge in [0.05, 0.1) is 19.9 Å². The number of hydrogen-bond acceptors (Lipinski definition) is 4. The maximum atomic E-state index is 11.8. The maximum absolute atomic E-state index is 11.8. The lowest BCUT2D eigenvalue weighted by atomic mass is 10.1. The van der Waals surface area contributed by atoms with Crippen LogP contribution in [0.1, 0.15) is 11.1 Å². The molecule has 1 rings (SSSR count). The van der Waals surface area contributed by atoms with Gasteiger partial charge >= 0.3 is 11.9 Å². The number of amides is 1. The highest BCUT2D eigenvalue weighted by Crippen LogP contribution is 2.32. The van der Waals surface area contributed by atoms with Crippen LogP contribution in [0.3, 0.4) is 0 Å². The number of benzene rings is 1. The number of rotatable bonds is 2. The van der Waals surface area contributed by atoms with E-state index in [4.69, 9.17) is 4.74 Å². The van der Waals surface area contributed by atoms with Crippen molar-refractivity contribution in [2.75, 3.05) is 26.2 Å². The lowest BCUT2D eigenvalue weighted by molar-refractivity contribution is -0.151. The van der Waals surface area contributed by atoms with E-state index >= 15 is 0 Å². The first kappa shape index (κ1) is 14.0. The molecule has 0 aliphatic heterocycles. The number of hydrogen-bond donors (Lipinski definition) is 0. The van der Waals surface area contributed by atoms with Gasteiger partial charge in [-0.2, -0.15) is 0 Å². The molecule has 0 radical (unpaired) electrons. The summed E-state index contributed by atoms with van der Waals surface area (Å²) in [5.41, 5.74) is 2.44. The van der Waals surface area contributed by atoms with Gasteiger partial charge in [-0.05, 0) is 31.0 Å². The van der Waals surface area contributed by atoms with E-state index in [2.05, 4.69) is 4.74 Å². The average molecular weight is 251 g/mol. The van der Waals surface area contributed by atoms with Crippen molar-refractivity contribution < 1.29 is 19.1 Å². The molecule has 5 nitrogen and oxygen atoms in total. The van der Waals surface area contributed by atoms with Crippen molar-refractivity contribution in [3.8, 4) is 5.75 Å². The number of aryl methyl sites for hydroxylation is 2. The normalized spacial score (nSPS) is 9.83. The van der Waals surface area contributed by atoms with Crippen molar-refractivity contribution in [2.45, 2.75) is 13.8 Å². The summed E-state index contributed by atoms with van der Waals surface area (Å²) < 4.78 is 9.67. The molecule has 0 unspecified atom stereocenters. The number of anilines is 1. The molecule has 0 saturated heterocycles. The molecule has 0 bridgehead atoms. The molecule has 18 heavy (non-hydrogen) atoms. The van der Waals surface area contributed by atoms with Crippen LogP contribution in [0, 0.1) is 13.8 Å². The number of methoxy groups -OCH3 is 2. The molecule has 98 valence electrons. The van der Waals surface area contributed by atoms with Gasteiger partial charge in [-0.25, -0.2) is 4.79 Å². The molecule has 0 saturated carbocycles. The number of nitrogens with zero attached hydrogens (tertiary/aromatic N) is 1. The van der Waals surface area contributed by atoms with Gasteiger partial charge in [-0.3, -0.25) is 4.79 Å². The fourth-order valence-corrected chi connectivity index (χ4v) is 1.83. The van der Waals surface area contributed by atoms with Crippen LogP contribution in [0.2, 0.25) is 0 Å². The van der Waals surface area contributed by atoms with Crippen LogP contribution in [0.5, 0.6) is 5.75 Å². The molecule has 0 aromatic heterocycles. The molecular formula is C13H17NO4. The zero-order valence-electron chi connectivity index (χ0n) is 11.2. The zero-order valence-corrected chi connectivity index (χ0v) is 11.2. The Kier molecular flexibility index (Phi) is 4.31. The Hall–Kier alpha value is -2.04. The molecule has 5 heteroatoms. The Balaban J connectivity index is 3.24. The van der Waals surface area contributed by atoms with E-state index in [0.717, 1.165) is 11.1 Å². The minimum Gasteiger partial charge on any atom is -0.495 e. The van der Waals surface area contributed by atoms with Crippen LogP contribution < -0.4 is 9.64 Å². The molecule has 0 spiro atoms. The highest BCUT2D eigenvalue weighted by atomic mass is 16.5. The summed E-state index contributed by atoms with van der Waals surface area (Å²) in [7, 11) is 4.21. The predicted octanol–water partition coefficient (Wildman–Crippen LogP) is 1.45. The number of carbonyl (C=O) groups is 2. The first-order chi connectivity index (χ1) is 8.42. The second-order valence-electron chi connectivity index (χ2n) is 3.99. The second kappa shape index (κ2) is 5.53. The Morgan fingerprint density at radius 2 is 1.78 bits per heavy atom. The van der Waals surface area contributed by atoms with E-state index in [1.165, 1.54) is 26.2 Å². The highest BCUT2D eigenvalue weighted by Gasteiger charge is 2.24. The Bertz CT molecular complexity index is 482. The van der Waals surface area contributed by atoms with Crippen LogP contribution in [-0.4, -0.2) is 33.1 Å². The predicted molar refractivity (Wildman–Crippen MR) is 67.9 cm³/mol. The first-order valence-electron chi connectivity index (χ1n) is 5.43. The number of ether oxygens (including phenoxy) is 2. The summed E-state index contributed by atoms with van der Waals surface area (Å²) in [4.78, 5) is 24.3. The fourth-order valence-electron chi connectivity index (χ4n) is 1.83. The third-order valence-corrected chi connectivity index (χ3v) is 2.63. The molecule has 0 heterocycles. The summed E-state index contributed by atoms with van der Waals surface area (Å²) in [5.74, 6) is -1.09. The van der Waals surface area contributed by atoms with Crippen molar-refractivity contribution in [3.63, 3.8) is 0 Å². The van der Waals surface area contributed by atoms with Gasteiger partial charge in [0.2, 0.25) is 0 Å². The van der Waals surface area contributed by atoms with Gasteiger partial charge in [0.15, 0.2) is 0 Å². The smallest absolute Gasteiger partial charge is 0.397 e. The van der Waals surface area contributed by atoms with Gasteiger partial charge in [-0.15, -0.1) is 0 Å². The fraction of sp³-hybridized carbons (Fsp3) is 0.385. The van der Waals surface area contributed by atoms with Crippen molar-refractivity contribution in [1.82, 2.24) is 0 Å². The molecule has 0 aliphatic rings. The molecular weight excluding hydrogens is 234 g/mol. The molecule has 0 aliphatic carbocycles. The van der Waals surface area contributed by atoms with Gasteiger partial charge in [0.25, 0.3) is 0 Å². The van der Waals surface area contributed by atoms with Crippen LogP contribution in [-0.2, 0) is 14.3 Å². The third kappa shape index (κ3) is 2.61. The molecule has 0 N–H and O–H groups in total. The van der Waals surface area contributed by atoms with Crippen molar-refractivity contribution in [3.05, 3.63) is 23.3 Å². The minimum atomic E-state index is -0.903. The van der Waals surface area contributed by atoms with Gasteiger partial charge in [0, 0.05) is 7.05 Å². The minimum absolute atomic E-state index is 0.548. The van der Waals surface area contributed by atoms with Crippen LogP contribution in [0.4, 0.5) is 5.69 Å². The Morgan fingerprint density at radius 3 is 2.28 bits per heavy atom. The van der Waals surface area contributed by atoms with Crippen molar-refractivity contribution in [2.24, 2.45) is 0 Å². The third-order valence-electron chi connectivity index (χ3n) is 2.63. The van der Waals surface area contributed by atoms with Crippen molar-refractivity contribution >= 4 is 17.6 Å². The summed E-state index contributed by atoms with van der Waals surface area (Å²) >= 11 is 0. The Morgan fingerprint density at radius 1 is 1.17 bits per heavy atom. The standard InChI is InChI=1S/C13H17NO4/c1-8-6-9(2)11(10(7-8)17-4)14(3)12(15)13(16)18-5/h6-7H,1-5H3. The van der Waals surface area contributed by atoms with E-state index in [-0.39, 0.29) is 0 Å². The van der Waals surface area contributed by atoms with E-state index in [1.54, 1.807) is 0 Å². The number of esters is 1. The van der Waals surface area contributed by atoms with E-state index < -0.39 is 11.9 Å². The molecule has 0 fully saturated rings. The topological polar surface area (TPSA) is 55.8 Å². The summed E-state index contributed by atoms with van der Waals surface area (Å²) in [6.45, 7) is 3.79. The van der Waals surface area contributed by atoms with Crippen LogP contribution in [0.15, 0.2) is 12.1 Å². The largest absolute Gasteiger partial charge is 0.495 e. The maximum Gasteiger partial charge on any atom is 0.397 e. The average Bonchev–Trinajstić information content (AvgIpc) is 2.35. The molecule has 1 aromatic rings. The van der Waals surface area contributed by atoms with Gasteiger partial charge < -0.3 is 14.4 Å². The summed E-state index contributed by atoms with van der Waals surface area (Å²) in [6, 6.07) is 3.72. The molecule has 1 aromatic carbocycles. The molecule has 1 amide bonds. The monoisotopic (exact) mass is 251 g/mol. The Labute approximate surface area is 106 Å². The van der Waals surface area contributed by atoms with Gasteiger partial charge in [0.1, 0.15) is 5.75 Å². The second-order valence-corrected chi connectivity index (χ2v) is 3.99. The highest BCUT2D eigenvalue weighted by molar-refractivity contribution is 6.38. The molecule has 0 atom stereocenters. The number of carbonyl (C=O) groups excluding carboxylic acids is 2. The van der Waals surface area contributed by atoms with Crippen LogP contribution in [0.25, 0.3) is 0 Å². The van der Waals surface area contributed by atoms with E-state index in [9.17, 15) is 9.59 Å². The van der Waals surface area contributed by atoms with Crippen molar-refractivity contribution in [1.29, 1.82) is 0 Å². The lowest BCUT2D eigenvalue weighted by Crippen LogP contribution is -2.34. The first-order valence-corrected chi connectivity index (χ1v) is 5.43. The van der Waals surface area contributed by atoms with E-state index in [1.807, 2.05) is 26.0 Å².